The molecule has 17 nitrogen and oxygen atoms in total. The molecule has 9 rings (SSSR count). The molecule has 1 saturated carbocycles. The number of aromatic nitrogens is 3. The molecule has 3 unspecified atom stereocenters. The molecule has 0 bridgehead atoms. The lowest BCUT2D eigenvalue weighted by Gasteiger charge is -2.45. The van der Waals surface area contributed by atoms with Crippen LogP contribution in [0.4, 0.5) is 21.8 Å². The van der Waals surface area contributed by atoms with Crippen LogP contribution < -0.4 is 31.1 Å². The summed E-state index contributed by atoms with van der Waals surface area (Å²) in [5.41, 5.74) is 2.74. The molecule has 2 aromatic heterocycles. The van der Waals surface area contributed by atoms with Crippen molar-refractivity contribution >= 4 is 64.1 Å². The van der Waals surface area contributed by atoms with Crippen LogP contribution in [0.3, 0.4) is 0 Å². The van der Waals surface area contributed by atoms with E-state index in [0.717, 1.165) is 36.1 Å². The molecule has 0 radical (unpaired) electrons. The Morgan fingerprint density at radius 3 is 2.42 bits per heavy atom. The van der Waals surface area contributed by atoms with Crippen LogP contribution in [0.15, 0.2) is 47.4 Å². The number of fused-ring (bicyclic) bond motifs is 2. The molecule has 6 heterocycles. The quantitative estimate of drug-likeness (QED) is 0.110. The summed E-state index contributed by atoms with van der Waals surface area (Å²) < 4.78 is 28.8. The number of pyridine rings is 1. The summed E-state index contributed by atoms with van der Waals surface area (Å²) in [6.07, 6.45) is 8.24. The van der Waals surface area contributed by atoms with Crippen molar-refractivity contribution in [2.24, 2.45) is 0 Å². The average molecular weight is 947 g/mol. The molecule has 2 aromatic carbocycles. The van der Waals surface area contributed by atoms with Crippen molar-refractivity contribution in [1.29, 1.82) is 0 Å². The number of hydrogen-bond donors (Lipinski definition) is 4. The highest BCUT2D eigenvalue weighted by Gasteiger charge is 2.42. The van der Waals surface area contributed by atoms with Gasteiger partial charge in [0.2, 0.25) is 24.2 Å². The molecule has 4 aromatic rings. The number of amides is 4. The number of benzene rings is 2. The molecular weight excluding hydrogens is 885 g/mol. The molecule has 4 N–H and O–H groups in total. The van der Waals surface area contributed by atoms with E-state index in [0.29, 0.717) is 84.2 Å². The average Bonchev–Trinajstić information content (AvgIpc) is 3.63. The highest BCUT2D eigenvalue weighted by atomic mass is 35.5. The van der Waals surface area contributed by atoms with Crippen LogP contribution in [0.1, 0.15) is 106 Å². The van der Waals surface area contributed by atoms with Crippen molar-refractivity contribution in [2.75, 3.05) is 57.2 Å². The number of methoxy groups -OCH3 is 1. The van der Waals surface area contributed by atoms with E-state index in [9.17, 15) is 24.3 Å². The normalized spacial score (nSPS) is 21.1. The van der Waals surface area contributed by atoms with Crippen molar-refractivity contribution in [2.45, 2.75) is 115 Å². The first kappa shape index (κ1) is 49.2. The zero-order valence-electron chi connectivity index (χ0n) is 38.7. The van der Waals surface area contributed by atoms with E-state index in [1.807, 2.05) is 43.9 Å². The molecule has 19 heteroatoms. The van der Waals surface area contributed by atoms with Gasteiger partial charge in [-0.25, -0.2) is 9.37 Å². The SMILES string of the molecule is CCOc1cc2cc(Nc3nc(N4CCC(O)CC4)ncc3Cl)ccc2n(C(C)C)c1=O.CNC=O.COC1CN(C2CCC2)CCC1c1ccc2c(c1F)CN(C1CCC(=O)NC1=O)C2=O. The largest absolute Gasteiger partial charge is 0.488 e. The van der Waals surface area contributed by atoms with Crippen LogP contribution in [-0.2, 0) is 25.7 Å². The van der Waals surface area contributed by atoms with Gasteiger partial charge in [0.1, 0.15) is 16.9 Å². The summed E-state index contributed by atoms with van der Waals surface area (Å²) in [5, 5.41) is 18.8. The van der Waals surface area contributed by atoms with Gasteiger partial charge in [0.25, 0.3) is 11.5 Å². The number of aliphatic hydroxyl groups excluding tert-OH is 1. The van der Waals surface area contributed by atoms with E-state index in [2.05, 4.69) is 30.8 Å². The maximum absolute atomic E-state index is 15.7. The number of carbonyl (C=O) groups is 4. The summed E-state index contributed by atoms with van der Waals surface area (Å²) in [7, 11) is 3.24. The number of aliphatic hydroxyl groups is 1. The van der Waals surface area contributed by atoms with Gasteiger partial charge in [-0.05, 0) is 102 Å². The van der Waals surface area contributed by atoms with Gasteiger partial charge < -0.3 is 39.6 Å². The second-order valence-electron chi connectivity index (χ2n) is 17.7. The number of halogens is 2. The third-order valence-electron chi connectivity index (χ3n) is 13.2. The van der Waals surface area contributed by atoms with Gasteiger partial charge in [0, 0.05) is 80.4 Å². The predicted octanol–water partition coefficient (Wildman–Crippen LogP) is 5.43. The molecule has 4 amide bonds. The molecule has 0 spiro atoms. The van der Waals surface area contributed by atoms with E-state index in [4.69, 9.17) is 25.9 Å². The van der Waals surface area contributed by atoms with Gasteiger partial charge in [-0.15, -0.1) is 0 Å². The second-order valence-corrected chi connectivity index (χ2v) is 18.2. The molecule has 4 fully saturated rings. The van der Waals surface area contributed by atoms with Crippen molar-refractivity contribution in [3.63, 3.8) is 0 Å². The standard InChI is InChI=1S/C23H28ClN5O3.C23H28FN3O4.C2H5NO/c1-4-32-20-12-15-11-16(5-6-19(15)29(14(2)3)22(20)31)26-21-18(24)13-25-23(27-21)28-9-7-17(30)8-10-28;1-31-19-12-26(13-3-2-4-13)10-9-14(19)15-5-6-16-17(21(15)24)11-27(23(16)30)18-7-8-20(28)25-22(18)29;1-3-2-4/h5-6,11-14,17,30H,4,7-10H2,1-3H3,(H,25,26,27);5-6,13-14,18-19H,2-4,7-12H2,1H3,(H,25,28,29);2H,1H3,(H,3,4). The van der Waals surface area contributed by atoms with Crippen LogP contribution in [0.5, 0.6) is 5.75 Å². The molecular formula is C48H61ClFN9O8. The molecule has 3 saturated heterocycles. The van der Waals surface area contributed by atoms with E-state index >= 15 is 4.39 Å². The minimum atomic E-state index is -0.738. The number of rotatable bonds is 11. The van der Waals surface area contributed by atoms with Gasteiger partial charge in [-0.1, -0.05) is 24.1 Å². The van der Waals surface area contributed by atoms with Gasteiger partial charge in [-0.3, -0.25) is 34.2 Å². The van der Waals surface area contributed by atoms with Gasteiger partial charge in [0.15, 0.2) is 11.6 Å². The van der Waals surface area contributed by atoms with Crippen LogP contribution in [0.25, 0.3) is 10.9 Å². The lowest BCUT2D eigenvalue weighted by Crippen LogP contribution is -2.52. The fourth-order valence-electron chi connectivity index (χ4n) is 9.50. The van der Waals surface area contributed by atoms with Crippen molar-refractivity contribution in [3.05, 3.63) is 80.5 Å². The minimum Gasteiger partial charge on any atom is -0.488 e. The Bertz CT molecular complexity index is 2510. The number of imide groups is 1. The van der Waals surface area contributed by atoms with E-state index in [-0.39, 0.29) is 66.7 Å². The number of ether oxygens (including phenoxy) is 2. The van der Waals surface area contributed by atoms with Crippen LogP contribution >= 0.6 is 11.6 Å². The Morgan fingerprint density at radius 1 is 1.03 bits per heavy atom. The summed E-state index contributed by atoms with van der Waals surface area (Å²) in [5.74, 6) is -0.172. The lowest BCUT2D eigenvalue weighted by molar-refractivity contribution is -0.137. The summed E-state index contributed by atoms with van der Waals surface area (Å²) >= 11 is 6.37. The highest BCUT2D eigenvalue weighted by Crippen LogP contribution is 2.39. The zero-order chi connectivity index (χ0) is 47.9. The van der Waals surface area contributed by atoms with Crippen LogP contribution in [-0.4, -0.2) is 125 Å². The molecule has 3 atom stereocenters. The number of hydrogen-bond acceptors (Lipinski definition) is 13. The van der Waals surface area contributed by atoms with Crippen molar-refractivity contribution in [1.82, 2.24) is 35.0 Å². The van der Waals surface area contributed by atoms with Crippen LogP contribution in [0.2, 0.25) is 5.02 Å². The first-order valence-corrected chi connectivity index (χ1v) is 23.5. The second kappa shape index (κ2) is 22.0. The van der Waals surface area contributed by atoms with E-state index in [1.165, 1.54) is 24.2 Å². The van der Waals surface area contributed by atoms with E-state index < -0.39 is 11.9 Å². The van der Waals surface area contributed by atoms with Gasteiger partial charge in [-0.2, -0.15) is 4.98 Å². The maximum atomic E-state index is 15.7. The third kappa shape index (κ3) is 10.9. The van der Waals surface area contributed by atoms with Crippen LogP contribution in [0, 0.1) is 5.82 Å². The fourth-order valence-corrected chi connectivity index (χ4v) is 9.64. The first-order chi connectivity index (χ1) is 32.3. The Kier molecular flexibility index (Phi) is 16.1. The van der Waals surface area contributed by atoms with Gasteiger partial charge >= 0.3 is 0 Å². The fraction of sp³-hybridized carbons (Fsp3) is 0.521. The summed E-state index contributed by atoms with van der Waals surface area (Å²) in [4.78, 5) is 73.3. The van der Waals surface area contributed by atoms with Crippen molar-refractivity contribution in [3.8, 4) is 5.75 Å². The zero-order valence-corrected chi connectivity index (χ0v) is 39.5. The topological polar surface area (TPSA) is 201 Å². The smallest absolute Gasteiger partial charge is 0.293 e. The third-order valence-corrected chi connectivity index (χ3v) is 13.5. The summed E-state index contributed by atoms with van der Waals surface area (Å²) in [6, 6.07) is 10.8. The Morgan fingerprint density at radius 2 is 1.78 bits per heavy atom. The number of likely N-dealkylation sites (tertiary alicyclic amines) is 1. The minimum absolute atomic E-state index is 0.00820. The lowest BCUT2D eigenvalue weighted by atomic mass is 9.82. The number of carbonyl (C=O) groups excluding carboxylic acids is 4. The Hall–Kier alpha value is -5.69. The number of nitrogens with zero attached hydrogens (tertiary/aromatic N) is 6. The monoisotopic (exact) mass is 945 g/mol. The van der Waals surface area contributed by atoms with E-state index in [1.54, 1.807) is 43.1 Å². The number of nitrogens with one attached hydrogen (secondary N) is 3. The van der Waals surface area contributed by atoms with Crippen molar-refractivity contribution < 1.29 is 38.1 Å². The molecule has 5 aliphatic rings. The summed E-state index contributed by atoms with van der Waals surface area (Å²) in [6.45, 7) is 9.41. The maximum Gasteiger partial charge on any atom is 0.293 e. The van der Waals surface area contributed by atoms with Gasteiger partial charge in [0.05, 0.1) is 37.1 Å². The Labute approximate surface area is 394 Å². The predicted molar refractivity (Wildman–Crippen MR) is 252 cm³/mol. The molecule has 360 valence electrons. The molecule has 1 aliphatic carbocycles. The number of anilines is 3. The molecule has 4 aliphatic heterocycles. The number of piperidine rings is 3. The first-order valence-electron chi connectivity index (χ1n) is 23.1. The Balaban J connectivity index is 0.000000184. The molecule has 67 heavy (non-hydrogen) atoms. The highest BCUT2D eigenvalue weighted by molar-refractivity contribution is 6.33.